The van der Waals surface area contributed by atoms with Gasteiger partial charge in [-0.25, -0.2) is 9.97 Å². The van der Waals surface area contributed by atoms with Gasteiger partial charge in [0, 0.05) is 15.7 Å². The highest BCUT2D eigenvalue weighted by molar-refractivity contribution is 14.1. The minimum Gasteiger partial charge on any atom is -0.305 e. The number of nitrogens with one attached hydrogen (secondary N) is 1. The molecule has 7 nitrogen and oxygen atoms in total. The fourth-order valence-corrected chi connectivity index (χ4v) is 2.15. The molecule has 2 rings (SSSR count). The number of carbonyl (C=O) groups is 1. The highest BCUT2D eigenvalue weighted by Gasteiger charge is 2.16. The van der Waals surface area contributed by atoms with E-state index in [0.29, 0.717) is 8.17 Å². The van der Waals surface area contributed by atoms with Crippen molar-refractivity contribution in [2.24, 2.45) is 0 Å². The number of nitro groups is 1. The van der Waals surface area contributed by atoms with Gasteiger partial charge in [-0.2, -0.15) is 0 Å². The summed E-state index contributed by atoms with van der Waals surface area (Å²) in [7, 11) is 0. The molecule has 0 aliphatic rings. The number of aromatic nitrogens is 2. The smallest absolute Gasteiger partial charge is 0.270 e. The van der Waals surface area contributed by atoms with Gasteiger partial charge in [-0.3, -0.25) is 14.9 Å². The number of hydrogen-bond acceptors (Lipinski definition) is 5. The van der Waals surface area contributed by atoms with Crippen molar-refractivity contribution in [2.75, 3.05) is 5.32 Å². The average Bonchev–Trinajstić information content (AvgIpc) is 2.41. The maximum absolute atomic E-state index is 12.1. The predicted molar refractivity (Wildman–Crippen MR) is 83.5 cm³/mol. The lowest BCUT2D eigenvalue weighted by molar-refractivity contribution is -0.384. The summed E-state index contributed by atoms with van der Waals surface area (Å²) in [6.07, 6.45) is 2.82. The van der Waals surface area contributed by atoms with Crippen LogP contribution in [0.1, 0.15) is 10.4 Å². The SMILES string of the molecule is O=C(Nc1cnc(Br)cn1)c1cc([N+](=O)[O-])ccc1I. The number of amides is 1. The molecule has 0 spiro atoms. The molecule has 0 aliphatic heterocycles. The van der Waals surface area contributed by atoms with E-state index >= 15 is 0 Å². The maximum atomic E-state index is 12.1. The third-order valence-electron chi connectivity index (χ3n) is 2.27. The van der Waals surface area contributed by atoms with E-state index in [-0.39, 0.29) is 17.1 Å². The number of carbonyl (C=O) groups excluding carboxylic acids is 1. The van der Waals surface area contributed by atoms with Crippen molar-refractivity contribution in [1.82, 2.24) is 9.97 Å². The molecule has 1 N–H and O–H groups in total. The van der Waals surface area contributed by atoms with Gasteiger partial charge in [-0.15, -0.1) is 0 Å². The number of hydrogen-bond donors (Lipinski definition) is 1. The number of benzene rings is 1. The van der Waals surface area contributed by atoms with Gasteiger partial charge in [0.2, 0.25) is 0 Å². The summed E-state index contributed by atoms with van der Waals surface area (Å²) >= 11 is 5.07. The van der Waals surface area contributed by atoms with Gasteiger partial charge >= 0.3 is 0 Å². The van der Waals surface area contributed by atoms with E-state index in [0.717, 1.165) is 0 Å². The molecule has 0 fully saturated rings. The molecule has 0 atom stereocenters. The second-order valence-corrected chi connectivity index (χ2v) is 5.57. The van der Waals surface area contributed by atoms with Crippen molar-refractivity contribution < 1.29 is 9.72 Å². The molecular formula is C11H6BrIN4O3. The van der Waals surface area contributed by atoms with Gasteiger partial charge < -0.3 is 5.32 Å². The molecule has 1 aromatic carbocycles. The molecule has 0 aliphatic carbocycles. The summed E-state index contributed by atoms with van der Waals surface area (Å²) in [5.41, 5.74) is 0.0713. The standard InChI is InChI=1S/C11H6BrIN4O3/c12-9-4-15-10(5-14-9)16-11(18)7-3-6(17(19)20)1-2-8(7)13/h1-5H,(H,15,16,18). The molecule has 9 heteroatoms. The van der Waals surface area contributed by atoms with Crippen LogP contribution >= 0.6 is 38.5 Å². The Hall–Kier alpha value is -1.62. The number of rotatable bonds is 3. The molecule has 1 aromatic heterocycles. The Morgan fingerprint density at radius 3 is 2.70 bits per heavy atom. The second kappa shape index (κ2) is 6.22. The Morgan fingerprint density at radius 2 is 2.10 bits per heavy atom. The second-order valence-electron chi connectivity index (χ2n) is 3.60. The van der Waals surface area contributed by atoms with Crippen LogP contribution in [0.15, 0.2) is 35.2 Å². The summed E-state index contributed by atoms with van der Waals surface area (Å²) < 4.78 is 1.15. The molecule has 2 aromatic rings. The zero-order chi connectivity index (χ0) is 14.7. The lowest BCUT2D eigenvalue weighted by Gasteiger charge is -2.05. The third-order valence-corrected chi connectivity index (χ3v) is 3.62. The average molecular weight is 449 g/mol. The number of non-ortho nitro benzene ring substituents is 1. The topological polar surface area (TPSA) is 98.0 Å². The Bertz CT molecular complexity index is 678. The van der Waals surface area contributed by atoms with Crippen molar-refractivity contribution in [1.29, 1.82) is 0 Å². The number of anilines is 1. The Balaban J connectivity index is 2.26. The molecule has 0 saturated carbocycles. The van der Waals surface area contributed by atoms with Crippen LogP contribution in [0, 0.1) is 13.7 Å². The predicted octanol–water partition coefficient (Wildman–Crippen LogP) is 3.00. The highest BCUT2D eigenvalue weighted by atomic mass is 127. The summed E-state index contributed by atoms with van der Waals surface area (Å²) in [6, 6.07) is 4.09. The van der Waals surface area contributed by atoms with E-state index < -0.39 is 10.8 Å². The van der Waals surface area contributed by atoms with Gasteiger partial charge in [-0.1, -0.05) is 0 Å². The summed E-state index contributed by atoms with van der Waals surface area (Å²) in [5.74, 6) is -0.213. The minimum atomic E-state index is -0.549. The summed E-state index contributed by atoms with van der Waals surface area (Å²) in [5, 5.41) is 13.3. The molecule has 0 saturated heterocycles. The van der Waals surface area contributed by atoms with Gasteiger partial charge in [0.15, 0.2) is 5.82 Å². The molecule has 0 bridgehead atoms. The van der Waals surface area contributed by atoms with Crippen LogP contribution < -0.4 is 5.32 Å². The van der Waals surface area contributed by atoms with Crippen LogP contribution in [0.25, 0.3) is 0 Å². The van der Waals surface area contributed by atoms with Crippen molar-refractivity contribution in [3.05, 3.63) is 54.4 Å². The summed E-state index contributed by atoms with van der Waals surface area (Å²) in [6.45, 7) is 0. The first kappa shape index (κ1) is 14.8. The first-order chi connectivity index (χ1) is 9.47. The molecule has 20 heavy (non-hydrogen) atoms. The molecular weight excluding hydrogens is 443 g/mol. The largest absolute Gasteiger partial charge is 0.305 e. The molecule has 0 radical (unpaired) electrons. The maximum Gasteiger partial charge on any atom is 0.270 e. The first-order valence-corrected chi connectivity index (χ1v) is 7.07. The molecule has 1 amide bonds. The van der Waals surface area contributed by atoms with Crippen LogP contribution in [0.2, 0.25) is 0 Å². The molecule has 0 unspecified atom stereocenters. The quantitative estimate of drug-likeness (QED) is 0.442. The number of halogens is 2. The fourth-order valence-electron chi connectivity index (χ4n) is 1.36. The Kier molecular flexibility index (Phi) is 4.60. The van der Waals surface area contributed by atoms with Crippen LogP contribution in [-0.2, 0) is 0 Å². The van der Waals surface area contributed by atoms with E-state index in [1.165, 1.54) is 30.6 Å². The van der Waals surface area contributed by atoms with Crippen molar-refractivity contribution in [3.8, 4) is 0 Å². The number of nitro benzene ring substituents is 1. The van der Waals surface area contributed by atoms with Crippen LogP contribution in [0.4, 0.5) is 11.5 Å². The monoisotopic (exact) mass is 448 g/mol. The Labute approximate surface area is 135 Å². The minimum absolute atomic E-state index is 0.141. The molecule has 102 valence electrons. The van der Waals surface area contributed by atoms with Gasteiger partial charge in [0.05, 0.1) is 22.9 Å². The third kappa shape index (κ3) is 3.48. The zero-order valence-electron chi connectivity index (χ0n) is 9.71. The van der Waals surface area contributed by atoms with E-state index in [1.54, 1.807) is 0 Å². The van der Waals surface area contributed by atoms with Gasteiger partial charge in [0.1, 0.15) is 4.60 Å². The van der Waals surface area contributed by atoms with Crippen molar-refractivity contribution >= 4 is 55.9 Å². The normalized spacial score (nSPS) is 10.1. The van der Waals surface area contributed by atoms with Crippen LogP contribution in [0.5, 0.6) is 0 Å². The fraction of sp³-hybridized carbons (Fsp3) is 0. The Morgan fingerprint density at radius 1 is 1.35 bits per heavy atom. The van der Waals surface area contributed by atoms with Crippen molar-refractivity contribution in [2.45, 2.75) is 0 Å². The highest BCUT2D eigenvalue weighted by Crippen LogP contribution is 2.20. The van der Waals surface area contributed by atoms with E-state index in [1.807, 2.05) is 22.6 Å². The van der Waals surface area contributed by atoms with Gasteiger partial charge in [-0.05, 0) is 44.6 Å². The van der Waals surface area contributed by atoms with E-state index in [9.17, 15) is 14.9 Å². The van der Waals surface area contributed by atoms with Crippen molar-refractivity contribution in [3.63, 3.8) is 0 Å². The first-order valence-electron chi connectivity index (χ1n) is 5.20. The van der Waals surface area contributed by atoms with Crippen LogP contribution in [-0.4, -0.2) is 20.8 Å². The lowest BCUT2D eigenvalue weighted by Crippen LogP contribution is -2.14. The van der Waals surface area contributed by atoms with E-state index in [4.69, 9.17) is 0 Å². The van der Waals surface area contributed by atoms with E-state index in [2.05, 4.69) is 31.2 Å². The van der Waals surface area contributed by atoms with Gasteiger partial charge in [0.25, 0.3) is 11.6 Å². The van der Waals surface area contributed by atoms with Crippen LogP contribution in [0.3, 0.4) is 0 Å². The number of nitrogens with zero attached hydrogens (tertiary/aromatic N) is 3. The molecule has 1 heterocycles. The summed E-state index contributed by atoms with van der Waals surface area (Å²) in [4.78, 5) is 30.1. The zero-order valence-corrected chi connectivity index (χ0v) is 13.5. The lowest BCUT2D eigenvalue weighted by atomic mass is 10.2.